The molecular formula is C16H21BrFIN4O. The van der Waals surface area contributed by atoms with E-state index in [0.717, 1.165) is 17.0 Å². The van der Waals surface area contributed by atoms with Crippen molar-refractivity contribution in [2.75, 3.05) is 7.05 Å². The molecule has 2 rings (SSSR count). The lowest BCUT2D eigenvalue weighted by Crippen LogP contribution is -2.36. The molecule has 0 saturated heterocycles. The van der Waals surface area contributed by atoms with E-state index in [-0.39, 0.29) is 29.8 Å². The van der Waals surface area contributed by atoms with E-state index in [1.807, 2.05) is 12.1 Å². The number of halogens is 3. The molecule has 0 atom stereocenters. The van der Waals surface area contributed by atoms with E-state index < -0.39 is 0 Å². The van der Waals surface area contributed by atoms with Crippen molar-refractivity contribution in [2.45, 2.75) is 32.9 Å². The number of benzene rings is 1. The third-order valence-corrected chi connectivity index (χ3v) is 3.91. The van der Waals surface area contributed by atoms with Crippen LogP contribution in [0.2, 0.25) is 0 Å². The van der Waals surface area contributed by atoms with Crippen LogP contribution in [0.4, 0.5) is 4.39 Å². The first-order valence-electron chi connectivity index (χ1n) is 7.33. The second-order valence-electron chi connectivity index (χ2n) is 5.40. The van der Waals surface area contributed by atoms with Crippen LogP contribution in [0.5, 0.6) is 0 Å². The lowest BCUT2D eigenvalue weighted by Gasteiger charge is -2.11. The van der Waals surface area contributed by atoms with E-state index in [1.54, 1.807) is 13.1 Å². The molecule has 0 unspecified atom stereocenters. The van der Waals surface area contributed by atoms with Gasteiger partial charge in [0.15, 0.2) is 11.7 Å². The van der Waals surface area contributed by atoms with Crippen LogP contribution >= 0.6 is 39.9 Å². The predicted molar refractivity (Wildman–Crippen MR) is 107 cm³/mol. The summed E-state index contributed by atoms with van der Waals surface area (Å²) in [6.45, 7) is 5.07. The van der Waals surface area contributed by atoms with Gasteiger partial charge in [0, 0.05) is 19.7 Å². The SMILES string of the molecule is CN=C(NCc1ccc(Br)c(F)c1)NCc1cc(C(C)C)no1.I. The van der Waals surface area contributed by atoms with Crippen molar-refractivity contribution in [2.24, 2.45) is 4.99 Å². The molecule has 8 heteroatoms. The fourth-order valence-electron chi connectivity index (χ4n) is 1.91. The minimum absolute atomic E-state index is 0. The molecule has 0 aliphatic heterocycles. The second kappa shape index (κ2) is 9.97. The summed E-state index contributed by atoms with van der Waals surface area (Å²) in [6.07, 6.45) is 0. The molecule has 0 amide bonds. The summed E-state index contributed by atoms with van der Waals surface area (Å²) in [5, 5.41) is 10.3. The summed E-state index contributed by atoms with van der Waals surface area (Å²) in [7, 11) is 1.68. The molecule has 132 valence electrons. The predicted octanol–water partition coefficient (Wildman–Crippen LogP) is 4.18. The molecule has 5 nitrogen and oxygen atoms in total. The first-order chi connectivity index (χ1) is 11.0. The first-order valence-corrected chi connectivity index (χ1v) is 8.13. The zero-order valence-electron chi connectivity index (χ0n) is 13.8. The molecule has 0 fully saturated rings. The highest BCUT2D eigenvalue weighted by atomic mass is 127. The molecule has 0 bridgehead atoms. The number of hydrogen-bond acceptors (Lipinski definition) is 3. The fourth-order valence-corrected chi connectivity index (χ4v) is 2.16. The van der Waals surface area contributed by atoms with Gasteiger partial charge in [-0.1, -0.05) is 25.1 Å². The largest absolute Gasteiger partial charge is 0.359 e. The zero-order valence-corrected chi connectivity index (χ0v) is 17.7. The van der Waals surface area contributed by atoms with Gasteiger partial charge in [-0.25, -0.2) is 4.39 Å². The number of nitrogens with zero attached hydrogens (tertiary/aromatic N) is 2. The molecule has 0 radical (unpaired) electrons. The average molecular weight is 511 g/mol. The fraction of sp³-hybridized carbons (Fsp3) is 0.375. The molecule has 0 spiro atoms. The lowest BCUT2D eigenvalue weighted by molar-refractivity contribution is 0.372. The van der Waals surface area contributed by atoms with Gasteiger partial charge >= 0.3 is 0 Å². The summed E-state index contributed by atoms with van der Waals surface area (Å²) < 4.78 is 19.2. The third-order valence-electron chi connectivity index (χ3n) is 3.27. The van der Waals surface area contributed by atoms with Crippen molar-refractivity contribution in [3.63, 3.8) is 0 Å². The molecule has 2 aromatic rings. The van der Waals surface area contributed by atoms with Crippen molar-refractivity contribution >= 4 is 45.9 Å². The van der Waals surface area contributed by atoms with Crippen molar-refractivity contribution < 1.29 is 8.91 Å². The highest BCUT2D eigenvalue weighted by Crippen LogP contribution is 2.16. The number of aliphatic imine (C=N–C) groups is 1. The minimum atomic E-state index is -0.282. The highest BCUT2D eigenvalue weighted by molar-refractivity contribution is 14.0. The summed E-state index contributed by atoms with van der Waals surface area (Å²) >= 11 is 3.14. The van der Waals surface area contributed by atoms with E-state index in [9.17, 15) is 4.39 Å². The number of hydrogen-bond donors (Lipinski definition) is 2. The van der Waals surface area contributed by atoms with Crippen LogP contribution in [0.3, 0.4) is 0 Å². The maximum Gasteiger partial charge on any atom is 0.191 e. The normalized spacial score (nSPS) is 11.3. The molecular weight excluding hydrogens is 490 g/mol. The van der Waals surface area contributed by atoms with Gasteiger partial charge in [0.2, 0.25) is 0 Å². The van der Waals surface area contributed by atoms with Gasteiger partial charge in [0.25, 0.3) is 0 Å². The van der Waals surface area contributed by atoms with Gasteiger partial charge in [-0.3, -0.25) is 4.99 Å². The summed E-state index contributed by atoms with van der Waals surface area (Å²) in [5.41, 5.74) is 1.76. The Bertz CT molecular complexity index is 690. The quantitative estimate of drug-likeness (QED) is 0.360. The summed E-state index contributed by atoms with van der Waals surface area (Å²) in [4.78, 5) is 4.13. The topological polar surface area (TPSA) is 62.5 Å². The molecule has 1 heterocycles. The van der Waals surface area contributed by atoms with Crippen LogP contribution in [0.15, 0.2) is 38.3 Å². The molecule has 1 aromatic heterocycles. The molecule has 24 heavy (non-hydrogen) atoms. The summed E-state index contributed by atoms with van der Waals surface area (Å²) in [6, 6.07) is 6.94. The highest BCUT2D eigenvalue weighted by Gasteiger charge is 2.08. The molecule has 0 saturated carbocycles. The molecule has 2 N–H and O–H groups in total. The lowest BCUT2D eigenvalue weighted by atomic mass is 10.1. The maximum absolute atomic E-state index is 13.5. The molecule has 0 aliphatic rings. The van der Waals surface area contributed by atoms with Crippen LogP contribution in [0.25, 0.3) is 0 Å². The van der Waals surface area contributed by atoms with Gasteiger partial charge < -0.3 is 15.2 Å². The Labute approximate surface area is 166 Å². The molecule has 0 aliphatic carbocycles. The number of nitrogens with one attached hydrogen (secondary N) is 2. The number of guanidine groups is 1. The van der Waals surface area contributed by atoms with E-state index in [2.05, 4.69) is 50.6 Å². The zero-order chi connectivity index (χ0) is 16.8. The Kier molecular flexibility index (Phi) is 8.68. The van der Waals surface area contributed by atoms with Gasteiger partial charge in [0.05, 0.1) is 16.7 Å². The monoisotopic (exact) mass is 510 g/mol. The molecule has 1 aromatic carbocycles. The standard InChI is InChI=1S/C16H20BrFN4O.HI/c1-10(2)15-7-12(23-22-15)9-21-16(19-3)20-8-11-4-5-13(17)14(18)6-11;/h4-7,10H,8-9H2,1-3H3,(H2,19,20,21);1H. The van der Waals surface area contributed by atoms with Gasteiger partial charge in [-0.05, 0) is 39.5 Å². The van der Waals surface area contributed by atoms with Gasteiger partial charge in [0.1, 0.15) is 5.82 Å². The first kappa shape index (κ1) is 20.9. The van der Waals surface area contributed by atoms with Crippen LogP contribution in [0, 0.1) is 5.82 Å². The Morgan fingerprint density at radius 3 is 2.58 bits per heavy atom. The Hall–Kier alpha value is -1.16. The second-order valence-corrected chi connectivity index (χ2v) is 6.25. The van der Waals surface area contributed by atoms with Crippen LogP contribution in [-0.4, -0.2) is 18.2 Å². The van der Waals surface area contributed by atoms with E-state index in [0.29, 0.717) is 29.4 Å². The van der Waals surface area contributed by atoms with Crippen molar-refractivity contribution in [3.05, 3.63) is 51.6 Å². The minimum Gasteiger partial charge on any atom is -0.359 e. The van der Waals surface area contributed by atoms with Crippen molar-refractivity contribution in [1.82, 2.24) is 15.8 Å². The van der Waals surface area contributed by atoms with Gasteiger partial charge in [-0.2, -0.15) is 0 Å². The van der Waals surface area contributed by atoms with E-state index in [1.165, 1.54) is 6.07 Å². The third kappa shape index (κ3) is 6.04. The van der Waals surface area contributed by atoms with Crippen LogP contribution < -0.4 is 10.6 Å². The van der Waals surface area contributed by atoms with E-state index in [4.69, 9.17) is 4.52 Å². The van der Waals surface area contributed by atoms with E-state index >= 15 is 0 Å². The Morgan fingerprint density at radius 2 is 2.00 bits per heavy atom. The maximum atomic E-state index is 13.5. The van der Waals surface area contributed by atoms with Crippen molar-refractivity contribution in [3.8, 4) is 0 Å². The van der Waals surface area contributed by atoms with Crippen molar-refractivity contribution in [1.29, 1.82) is 0 Å². The van der Waals surface area contributed by atoms with Crippen LogP contribution in [0.1, 0.15) is 36.8 Å². The van der Waals surface area contributed by atoms with Crippen LogP contribution in [-0.2, 0) is 13.1 Å². The Morgan fingerprint density at radius 1 is 1.29 bits per heavy atom. The average Bonchev–Trinajstić information content (AvgIpc) is 3.00. The van der Waals surface area contributed by atoms with Gasteiger partial charge in [-0.15, -0.1) is 24.0 Å². The number of aromatic nitrogens is 1. The smallest absolute Gasteiger partial charge is 0.191 e. The Balaban J connectivity index is 0.00000288. The number of rotatable bonds is 5. The summed E-state index contributed by atoms with van der Waals surface area (Å²) in [5.74, 6) is 1.40.